The molecular formula is C17H15NO. The number of hydrogen-bond donors (Lipinski definition) is 0. The molecule has 2 heteroatoms. The van der Waals surface area contributed by atoms with Crippen LogP contribution in [0.5, 0.6) is 0 Å². The molecule has 0 spiro atoms. The summed E-state index contributed by atoms with van der Waals surface area (Å²) in [6.45, 7) is 4.12. The van der Waals surface area contributed by atoms with E-state index in [9.17, 15) is 4.79 Å². The van der Waals surface area contributed by atoms with Crippen LogP contribution in [0.2, 0.25) is 0 Å². The van der Waals surface area contributed by atoms with Crippen LogP contribution in [0.4, 0.5) is 0 Å². The van der Waals surface area contributed by atoms with Gasteiger partial charge in [-0.05, 0) is 31.1 Å². The maximum atomic E-state index is 12.2. The Kier molecular flexibility index (Phi) is 2.79. The molecule has 19 heavy (non-hydrogen) atoms. The van der Waals surface area contributed by atoms with Crippen molar-refractivity contribution < 1.29 is 4.79 Å². The molecule has 0 bridgehead atoms. The average Bonchev–Trinajstić information content (AvgIpc) is 2.38. The number of aliphatic imine (C=N–C) groups is 1. The highest BCUT2D eigenvalue weighted by atomic mass is 16.1. The number of allylic oxidation sites excluding steroid dienone is 5. The molecule has 0 N–H and O–H groups in total. The van der Waals surface area contributed by atoms with Gasteiger partial charge >= 0.3 is 0 Å². The topological polar surface area (TPSA) is 29.4 Å². The smallest absolute Gasteiger partial charge is 0.267 e. The molecule has 1 aliphatic heterocycles. The molecule has 0 aromatic heterocycles. The number of fused-ring (bicyclic) bond motifs is 1. The summed E-state index contributed by atoms with van der Waals surface area (Å²) in [4.78, 5) is 16.4. The monoisotopic (exact) mass is 249 g/mol. The SMILES string of the molecule is CC1=CC2=NC(=O)C(c3ccccc3)=CC2C(C)=C1. The minimum Gasteiger partial charge on any atom is -0.267 e. The highest BCUT2D eigenvalue weighted by molar-refractivity contribution is 6.27. The Labute approximate surface area is 112 Å². The second-order valence-corrected chi connectivity index (χ2v) is 5.04. The molecule has 1 atom stereocenters. The van der Waals surface area contributed by atoms with E-state index in [1.807, 2.05) is 49.4 Å². The van der Waals surface area contributed by atoms with Crippen molar-refractivity contribution in [3.05, 3.63) is 65.3 Å². The Hall–Kier alpha value is -2.22. The van der Waals surface area contributed by atoms with E-state index in [2.05, 4.69) is 18.0 Å². The molecule has 1 aromatic rings. The van der Waals surface area contributed by atoms with Crippen molar-refractivity contribution in [2.24, 2.45) is 10.9 Å². The standard InChI is InChI=1S/C17H15NO/c1-11-8-12(2)14-10-15(13-6-4-3-5-7-13)17(19)18-16(14)9-11/h3-10,14H,1-2H3. The van der Waals surface area contributed by atoms with Crippen LogP contribution in [0.25, 0.3) is 5.57 Å². The Morgan fingerprint density at radius 3 is 2.53 bits per heavy atom. The van der Waals surface area contributed by atoms with Crippen molar-refractivity contribution >= 4 is 17.2 Å². The van der Waals surface area contributed by atoms with Gasteiger partial charge in [-0.1, -0.05) is 48.1 Å². The van der Waals surface area contributed by atoms with E-state index < -0.39 is 0 Å². The lowest BCUT2D eigenvalue weighted by Gasteiger charge is -2.24. The van der Waals surface area contributed by atoms with Crippen molar-refractivity contribution in [1.82, 2.24) is 0 Å². The fraction of sp³-hybridized carbons (Fsp3) is 0.176. The van der Waals surface area contributed by atoms with Gasteiger partial charge in [-0.3, -0.25) is 4.79 Å². The van der Waals surface area contributed by atoms with Gasteiger partial charge in [0.1, 0.15) is 0 Å². The zero-order chi connectivity index (χ0) is 13.4. The molecule has 1 aromatic carbocycles. The van der Waals surface area contributed by atoms with Gasteiger partial charge in [0, 0.05) is 11.5 Å². The van der Waals surface area contributed by atoms with E-state index in [1.54, 1.807) is 0 Å². The summed E-state index contributed by atoms with van der Waals surface area (Å²) in [6.07, 6.45) is 6.18. The molecule has 1 unspecified atom stereocenters. The molecule has 1 amide bonds. The van der Waals surface area contributed by atoms with Crippen molar-refractivity contribution in [1.29, 1.82) is 0 Å². The lowest BCUT2D eigenvalue weighted by Crippen LogP contribution is -2.22. The molecule has 0 saturated heterocycles. The molecule has 0 saturated carbocycles. The third-order valence-corrected chi connectivity index (χ3v) is 3.52. The fourth-order valence-electron chi connectivity index (χ4n) is 2.62. The molecule has 1 heterocycles. The van der Waals surface area contributed by atoms with E-state index in [0.717, 1.165) is 16.8 Å². The van der Waals surface area contributed by atoms with Crippen LogP contribution in [0.3, 0.4) is 0 Å². The van der Waals surface area contributed by atoms with Gasteiger partial charge in [-0.2, -0.15) is 0 Å². The summed E-state index contributed by atoms with van der Waals surface area (Å²) in [5.74, 6) is -0.00666. The van der Waals surface area contributed by atoms with Crippen molar-refractivity contribution in [2.45, 2.75) is 13.8 Å². The first-order chi connectivity index (χ1) is 9.15. The number of amides is 1. The second-order valence-electron chi connectivity index (χ2n) is 5.04. The van der Waals surface area contributed by atoms with Crippen molar-refractivity contribution in [3.8, 4) is 0 Å². The summed E-state index contributed by atoms with van der Waals surface area (Å²) in [6, 6.07) is 9.73. The van der Waals surface area contributed by atoms with Gasteiger partial charge in [0.15, 0.2) is 0 Å². The minimum absolute atomic E-state index is 0.136. The lowest BCUT2D eigenvalue weighted by molar-refractivity contribution is -0.112. The van der Waals surface area contributed by atoms with Gasteiger partial charge in [0.05, 0.1) is 5.71 Å². The molecule has 0 fully saturated rings. The molecular weight excluding hydrogens is 234 g/mol. The molecule has 94 valence electrons. The Morgan fingerprint density at radius 2 is 1.79 bits per heavy atom. The average molecular weight is 249 g/mol. The van der Waals surface area contributed by atoms with Gasteiger partial charge < -0.3 is 0 Å². The highest BCUT2D eigenvalue weighted by Gasteiger charge is 2.26. The van der Waals surface area contributed by atoms with E-state index in [-0.39, 0.29) is 11.8 Å². The van der Waals surface area contributed by atoms with Crippen LogP contribution in [-0.2, 0) is 4.79 Å². The van der Waals surface area contributed by atoms with E-state index >= 15 is 0 Å². The predicted molar refractivity (Wildman–Crippen MR) is 77.9 cm³/mol. The number of carbonyl (C=O) groups excluding carboxylic acids is 1. The van der Waals surface area contributed by atoms with Gasteiger partial charge in [0.2, 0.25) is 0 Å². The highest BCUT2D eigenvalue weighted by Crippen LogP contribution is 2.31. The fourth-order valence-corrected chi connectivity index (χ4v) is 2.62. The maximum absolute atomic E-state index is 12.2. The Bertz CT molecular complexity index is 660. The zero-order valence-electron chi connectivity index (χ0n) is 11.1. The number of dihydropyridines is 1. The van der Waals surface area contributed by atoms with Crippen LogP contribution < -0.4 is 0 Å². The lowest BCUT2D eigenvalue weighted by atomic mass is 9.83. The summed E-state index contributed by atoms with van der Waals surface area (Å²) in [5.41, 5.74) is 4.89. The Balaban J connectivity index is 2.06. The summed E-state index contributed by atoms with van der Waals surface area (Å²) >= 11 is 0. The number of hydrogen-bond acceptors (Lipinski definition) is 1. The molecule has 1 aliphatic carbocycles. The van der Waals surface area contributed by atoms with Crippen molar-refractivity contribution in [2.75, 3.05) is 0 Å². The molecule has 2 aliphatic rings. The first-order valence-corrected chi connectivity index (χ1v) is 6.42. The van der Waals surface area contributed by atoms with Gasteiger partial charge in [-0.15, -0.1) is 0 Å². The van der Waals surface area contributed by atoms with Gasteiger partial charge in [-0.25, -0.2) is 4.99 Å². The Morgan fingerprint density at radius 1 is 1.05 bits per heavy atom. The van der Waals surface area contributed by atoms with Crippen LogP contribution in [0, 0.1) is 5.92 Å². The molecule has 3 rings (SSSR count). The largest absolute Gasteiger partial charge is 0.277 e. The van der Waals surface area contributed by atoms with Crippen molar-refractivity contribution in [3.63, 3.8) is 0 Å². The number of carbonyl (C=O) groups is 1. The molecule has 0 radical (unpaired) electrons. The van der Waals surface area contributed by atoms with E-state index in [1.165, 1.54) is 5.57 Å². The summed E-state index contributed by atoms with van der Waals surface area (Å²) < 4.78 is 0. The minimum atomic E-state index is -0.142. The van der Waals surface area contributed by atoms with Crippen LogP contribution >= 0.6 is 0 Å². The van der Waals surface area contributed by atoms with Crippen LogP contribution in [0.15, 0.2) is 64.7 Å². The predicted octanol–water partition coefficient (Wildman–Crippen LogP) is 3.57. The van der Waals surface area contributed by atoms with E-state index in [4.69, 9.17) is 0 Å². The number of benzene rings is 1. The van der Waals surface area contributed by atoms with E-state index in [0.29, 0.717) is 5.57 Å². The van der Waals surface area contributed by atoms with Crippen LogP contribution in [0.1, 0.15) is 19.4 Å². The molecule has 2 nitrogen and oxygen atoms in total. The summed E-state index contributed by atoms with van der Waals surface area (Å²) in [7, 11) is 0. The number of rotatable bonds is 1. The summed E-state index contributed by atoms with van der Waals surface area (Å²) in [5, 5.41) is 0. The first-order valence-electron chi connectivity index (χ1n) is 6.42. The third kappa shape index (κ3) is 2.10. The van der Waals surface area contributed by atoms with Crippen LogP contribution in [-0.4, -0.2) is 11.6 Å². The second kappa shape index (κ2) is 4.47. The zero-order valence-corrected chi connectivity index (χ0v) is 11.1. The quantitative estimate of drug-likeness (QED) is 0.748. The van der Waals surface area contributed by atoms with Gasteiger partial charge in [0.25, 0.3) is 5.91 Å². The number of nitrogens with zero attached hydrogens (tertiary/aromatic N) is 1. The normalized spacial score (nSPS) is 22.0. The third-order valence-electron chi connectivity index (χ3n) is 3.52. The maximum Gasteiger partial charge on any atom is 0.277 e. The first kappa shape index (κ1) is 11.8.